The van der Waals surface area contributed by atoms with Gasteiger partial charge in [-0.1, -0.05) is 60.7 Å². The molecule has 13 heteroatoms. The lowest BCUT2D eigenvalue weighted by Gasteiger charge is -2.21. The minimum absolute atomic E-state index is 0.00944. The Hall–Kier alpha value is -4.78. The van der Waals surface area contributed by atoms with Gasteiger partial charge in [-0.05, 0) is 52.7 Å². The first-order valence-corrected chi connectivity index (χ1v) is 14.2. The molecule has 0 N–H and O–H groups in total. The fourth-order valence-electron chi connectivity index (χ4n) is 3.38. The van der Waals surface area contributed by atoms with Gasteiger partial charge in [-0.2, -0.15) is 0 Å². The zero-order chi connectivity index (χ0) is 33.5. The average Bonchev–Trinajstić information content (AvgIpc) is 3.02. The third-order valence-corrected chi connectivity index (χ3v) is 6.02. The molecule has 0 fully saturated rings. The molecule has 0 heterocycles. The topological polar surface area (TPSA) is 167 Å². The van der Waals surface area contributed by atoms with Crippen LogP contribution in [0.1, 0.15) is 52.7 Å². The fraction of sp³-hybridized carbons (Fsp3) is 0.438. The van der Waals surface area contributed by atoms with Gasteiger partial charge in [0.15, 0.2) is 36.6 Å². The van der Waals surface area contributed by atoms with Gasteiger partial charge in [0.25, 0.3) is 0 Å². The summed E-state index contributed by atoms with van der Waals surface area (Å²) in [5.41, 5.74) is 1.50. The molecule has 6 atom stereocenters. The Balaban J connectivity index is 1.72. The third-order valence-electron chi connectivity index (χ3n) is 6.02. The van der Waals surface area contributed by atoms with Crippen LogP contribution in [0.5, 0.6) is 0 Å². The molecule has 0 spiro atoms. The molecule has 0 aliphatic rings. The second kappa shape index (κ2) is 18.1. The van der Waals surface area contributed by atoms with Gasteiger partial charge in [0, 0.05) is 0 Å². The summed E-state index contributed by atoms with van der Waals surface area (Å²) < 4.78 is 35.7. The minimum Gasteiger partial charge on any atom is -0.458 e. The molecule has 0 amide bonds. The molecule has 0 bridgehead atoms. The van der Waals surface area contributed by atoms with Gasteiger partial charge in [-0.3, -0.25) is 0 Å². The highest BCUT2D eigenvalue weighted by atomic mass is 16.6. The highest BCUT2D eigenvalue weighted by Crippen LogP contribution is 2.10. The van der Waals surface area contributed by atoms with Gasteiger partial charge < -0.3 is 33.2 Å². The van der Waals surface area contributed by atoms with Gasteiger partial charge in [0.2, 0.25) is 0 Å². The van der Waals surface area contributed by atoms with E-state index in [1.54, 1.807) is 48.5 Å². The van der Waals surface area contributed by atoms with E-state index in [1.165, 1.54) is 41.5 Å². The van der Waals surface area contributed by atoms with E-state index in [9.17, 15) is 28.8 Å². The largest absolute Gasteiger partial charge is 0.458 e. The molecule has 2 rings (SSSR count). The van der Waals surface area contributed by atoms with Crippen molar-refractivity contribution in [3.05, 3.63) is 71.8 Å². The molecular weight excluding hydrogens is 592 g/mol. The van der Waals surface area contributed by atoms with Crippen molar-refractivity contribution in [2.75, 3.05) is 0 Å². The standard InChI is InChI=1S/C32H38O13/c1-19(27(33)39-17-25-13-9-7-10-14-25)42-31(37)23(5)44-29(35)21(3)41-22(4)30(36)45-24(6)32(38)43-20(2)28(34)40-18-26-15-11-8-12-16-26/h7-16,19-24H,17-18H2,1-6H3/t19-,20-,21-,22-,23-,24-/m0/s1. The second-order valence-electron chi connectivity index (χ2n) is 9.92. The highest BCUT2D eigenvalue weighted by molar-refractivity contribution is 5.85. The Morgan fingerprint density at radius 3 is 1.00 bits per heavy atom. The lowest BCUT2D eigenvalue weighted by Crippen LogP contribution is -2.39. The number of hydrogen-bond acceptors (Lipinski definition) is 13. The molecule has 45 heavy (non-hydrogen) atoms. The van der Waals surface area contributed by atoms with E-state index in [4.69, 9.17) is 33.2 Å². The van der Waals surface area contributed by atoms with Gasteiger partial charge in [-0.25, -0.2) is 28.8 Å². The summed E-state index contributed by atoms with van der Waals surface area (Å²) in [5, 5.41) is 0. The van der Waals surface area contributed by atoms with Crippen LogP contribution in [0.15, 0.2) is 60.7 Å². The maximum atomic E-state index is 12.4. The van der Waals surface area contributed by atoms with Crippen molar-refractivity contribution in [1.82, 2.24) is 0 Å². The van der Waals surface area contributed by atoms with Crippen LogP contribution in [-0.4, -0.2) is 72.4 Å². The number of ether oxygens (including phenoxy) is 7. The van der Waals surface area contributed by atoms with Crippen molar-refractivity contribution in [1.29, 1.82) is 0 Å². The summed E-state index contributed by atoms with van der Waals surface area (Å²) in [6.07, 6.45) is -8.02. The zero-order valence-corrected chi connectivity index (χ0v) is 26.0. The van der Waals surface area contributed by atoms with Crippen molar-refractivity contribution in [3.8, 4) is 0 Å². The summed E-state index contributed by atoms with van der Waals surface area (Å²) in [4.78, 5) is 73.8. The van der Waals surface area contributed by atoms with Gasteiger partial charge in [0.05, 0.1) is 0 Å². The first-order valence-electron chi connectivity index (χ1n) is 14.2. The average molecular weight is 631 g/mol. The maximum Gasteiger partial charge on any atom is 0.347 e. The summed E-state index contributed by atoms with van der Waals surface area (Å²) in [5.74, 6) is -5.59. The molecule has 13 nitrogen and oxygen atoms in total. The molecule has 2 aromatic rings. The van der Waals surface area contributed by atoms with Crippen LogP contribution in [-0.2, 0) is 75.1 Å². The number of esters is 6. The molecule has 0 aliphatic heterocycles. The van der Waals surface area contributed by atoms with Crippen LogP contribution >= 0.6 is 0 Å². The van der Waals surface area contributed by atoms with Crippen LogP contribution in [0.25, 0.3) is 0 Å². The SMILES string of the molecule is C[C@H](OC(=O)[C@H](C)OC(=O)[C@H](C)O[C@@H](C)C(=O)O[C@@H](C)C(=O)O[C@@H](C)C(=O)OCc1ccccc1)C(=O)OCc1ccccc1. The van der Waals surface area contributed by atoms with Gasteiger partial charge in [-0.15, -0.1) is 0 Å². The molecule has 0 unspecified atom stereocenters. The minimum atomic E-state index is -1.41. The lowest BCUT2D eigenvalue weighted by molar-refractivity contribution is -0.187. The zero-order valence-electron chi connectivity index (χ0n) is 26.0. The molecule has 0 saturated heterocycles. The summed E-state index contributed by atoms with van der Waals surface area (Å²) >= 11 is 0. The molecule has 2 aromatic carbocycles. The third kappa shape index (κ3) is 12.8. The molecular formula is C32H38O13. The number of carbonyl (C=O) groups is 6. The number of rotatable bonds is 16. The molecule has 0 aliphatic carbocycles. The quantitative estimate of drug-likeness (QED) is 0.196. The van der Waals surface area contributed by atoms with E-state index in [0.717, 1.165) is 11.1 Å². The van der Waals surface area contributed by atoms with Gasteiger partial charge in [0.1, 0.15) is 13.2 Å². The Morgan fingerprint density at radius 2 is 0.689 bits per heavy atom. The predicted molar refractivity (Wildman–Crippen MR) is 155 cm³/mol. The normalized spacial score (nSPS) is 14.7. The van der Waals surface area contributed by atoms with E-state index in [1.807, 2.05) is 12.1 Å². The van der Waals surface area contributed by atoms with E-state index in [2.05, 4.69) is 0 Å². The highest BCUT2D eigenvalue weighted by Gasteiger charge is 2.31. The molecule has 0 saturated carbocycles. The smallest absolute Gasteiger partial charge is 0.347 e. The van der Waals surface area contributed by atoms with Crippen molar-refractivity contribution in [2.24, 2.45) is 0 Å². The first kappa shape index (κ1) is 36.4. The number of hydrogen-bond donors (Lipinski definition) is 0. The lowest BCUT2D eigenvalue weighted by atomic mass is 10.2. The van der Waals surface area contributed by atoms with Crippen LogP contribution in [0.2, 0.25) is 0 Å². The van der Waals surface area contributed by atoms with E-state index in [-0.39, 0.29) is 13.2 Å². The van der Waals surface area contributed by atoms with Crippen LogP contribution in [0.3, 0.4) is 0 Å². The number of benzene rings is 2. The van der Waals surface area contributed by atoms with Crippen LogP contribution < -0.4 is 0 Å². The number of carbonyl (C=O) groups excluding carboxylic acids is 6. The molecule has 0 radical (unpaired) electrons. The second-order valence-corrected chi connectivity index (χ2v) is 9.92. The Labute approximate surface area is 261 Å². The maximum absolute atomic E-state index is 12.4. The van der Waals surface area contributed by atoms with Crippen molar-refractivity contribution in [3.63, 3.8) is 0 Å². The Bertz CT molecular complexity index is 1200. The first-order chi connectivity index (χ1) is 21.3. The summed E-state index contributed by atoms with van der Waals surface area (Å²) in [6, 6.07) is 17.8. The molecule has 244 valence electrons. The van der Waals surface area contributed by atoms with Crippen molar-refractivity contribution >= 4 is 35.8 Å². The predicted octanol–water partition coefficient (Wildman–Crippen LogP) is 2.99. The Morgan fingerprint density at radius 1 is 0.422 bits per heavy atom. The van der Waals surface area contributed by atoms with Gasteiger partial charge >= 0.3 is 35.8 Å². The Kier molecular flexibility index (Phi) is 14.7. The van der Waals surface area contributed by atoms with E-state index in [0.29, 0.717) is 0 Å². The van der Waals surface area contributed by atoms with Crippen molar-refractivity contribution in [2.45, 2.75) is 91.4 Å². The van der Waals surface area contributed by atoms with Crippen LogP contribution in [0, 0.1) is 0 Å². The monoisotopic (exact) mass is 630 g/mol. The van der Waals surface area contributed by atoms with E-state index < -0.39 is 72.4 Å². The van der Waals surface area contributed by atoms with Crippen molar-refractivity contribution < 1.29 is 61.9 Å². The summed E-state index contributed by atoms with van der Waals surface area (Å²) in [7, 11) is 0. The fourth-order valence-corrected chi connectivity index (χ4v) is 3.38. The van der Waals surface area contributed by atoms with E-state index >= 15 is 0 Å². The molecule has 0 aromatic heterocycles. The summed E-state index contributed by atoms with van der Waals surface area (Å²) in [6.45, 7) is 7.62. The van der Waals surface area contributed by atoms with Crippen LogP contribution in [0.4, 0.5) is 0 Å².